The Morgan fingerprint density at radius 2 is 2.22 bits per heavy atom. The number of hydrazine groups is 1. The molecule has 0 radical (unpaired) electrons. The van der Waals surface area contributed by atoms with Gasteiger partial charge in [-0.25, -0.2) is 10.4 Å². The minimum Gasteiger partial charge on any atom is -0.270 e. The van der Waals surface area contributed by atoms with E-state index in [2.05, 4.69) is 29.4 Å². The Kier molecular flexibility index (Phi) is 4.01. The monoisotopic (exact) mass is 285 g/mol. The summed E-state index contributed by atoms with van der Waals surface area (Å²) in [5, 5.41) is 4.91. The van der Waals surface area contributed by atoms with Crippen LogP contribution in [0.2, 0.25) is 5.02 Å². The van der Waals surface area contributed by atoms with Crippen molar-refractivity contribution in [1.29, 1.82) is 0 Å². The number of halogens is 1. The van der Waals surface area contributed by atoms with E-state index in [9.17, 15) is 0 Å². The van der Waals surface area contributed by atoms with Gasteiger partial charge in [-0.05, 0) is 20.8 Å². The molecule has 0 saturated heterocycles. The molecular weight excluding hydrogens is 270 g/mol. The molecule has 7 heteroatoms. The largest absolute Gasteiger partial charge is 0.270 e. The number of thiazole rings is 1. The van der Waals surface area contributed by atoms with Gasteiger partial charge in [-0.2, -0.15) is 5.10 Å². The van der Waals surface area contributed by atoms with Gasteiger partial charge in [0.15, 0.2) is 0 Å². The lowest BCUT2D eigenvalue weighted by Gasteiger charge is -2.19. The molecule has 0 spiro atoms. The predicted octanol–water partition coefficient (Wildman–Crippen LogP) is 2.44. The summed E-state index contributed by atoms with van der Waals surface area (Å²) in [4.78, 5) is 5.31. The van der Waals surface area contributed by atoms with Crippen LogP contribution in [-0.2, 0) is 0 Å². The fraction of sp³-hybridized carbons (Fsp3) is 0.455. The smallest absolute Gasteiger partial charge is 0.100 e. The Labute approximate surface area is 115 Å². The molecule has 0 aliphatic heterocycles. The number of aromatic nitrogens is 3. The van der Waals surface area contributed by atoms with Gasteiger partial charge in [-0.3, -0.25) is 10.5 Å². The van der Waals surface area contributed by atoms with Gasteiger partial charge in [0.1, 0.15) is 6.04 Å². The molecule has 0 aromatic carbocycles. The minimum absolute atomic E-state index is 0.185. The molecule has 1 unspecified atom stereocenters. The van der Waals surface area contributed by atoms with Crippen LogP contribution >= 0.6 is 22.9 Å². The van der Waals surface area contributed by atoms with Crippen molar-refractivity contribution in [3.63, 3.8) is 0 Å². The number of hydrogen-bond donors (Lipinski definition) is 2. The number of nitrogens with one attached hydrogen (secondary N) is 1. The highest BCUT2D eigenvalue weighted by atomic mass is 35.5. The number of hydrogen-bond acceptors (Lipinski definition) is 5. The van der Waals surface area contributed by atoms with Crippen molar-refractivity contribution in [3.8, 4) is 0 Å². The molecule has 2 aromatic rings. The standard InChI is InChI=1S/C11H16ClN5S/c1-6(2)17-10(8(12)4-15-17)9(16-13)11-7(3)14-5-18-11/h4-6,9,16H,13H2,1-3H3. The number of nitrogens with two attached hydrogens (primary N) is 1. The molecule has 3 N–H and O–H groups in total. The summed E-state index contributed by atoms with van der Waals surface area (Å²) in [5.41, 5.74) is 6.44. The topological polar surface area (TPSA) is 68.8 Å². The molecule has 0 saturated carbocycles. The van der Waals surface area contributed by atoms with Crippen LogP contribution in [0.4, 0.5) is 0 Å². The maximum Gasteiger partial charge on any atom is 0.100 e. The van der Waals surface area contributed by atoms with Crippen LogP contribution in [0.15, 0.2) is 11.7 Å². The SMILES string of the molecule is Cc1ncsc1C(NN)c1c(Cl)cnn1C(C)C. The molecular formula is C11H16ClN5S. The van der Waals surface area contributed by atoms with Gasteiger partial charge >= 0.3 is 0 Å². The van der Waals surface area contributed by atoms with E-state index >= 15 is 0 Å². The summed E-state index contributed by atoms with van der Waals surface area (Å²) in [7, 11) is 0. The van der Waals surface area contributed by atoms with Crippen LogP contribution in [0, 0.1) is 6.92 Å². The lowest BCUT2D eigenvalue weighted by atomic mass is 10.1. The lowest BCUT2D eigenvalue weighted by molar-refractivity contribution is 0.478. The zero-order chi connectivity index (χ0) is 13.3. The summed E-state index contributed by atoms with van der Waals surface area (Å²) in [6.07, 6.45) is 1.65. The van der Waals surface area contributed by atoms with Gasteiger partial charge < -0.3 is 0 Å². The number of rotatable bonds is 4. The van der Waals surface area contributed by atoms with E-state index in [-0.39, 0.29) is 12.1 Å². The summed E-state index contributed by atoms with van der Waals surface area (Å²) in [5.74, 6) is 5.69. The predicted molar refractivity (Wildman–Crippen MR) is 73.6 cm³/mol. The second-order valence-corrected chi connectivity index (χ2v) is 5.61. The summed E-state index contributed by atoms with van der Waals surface area (Å²) in [6.45, 7) is 6.07. The molecule has 1 atom stereocenters. The van der Waals surface area contributed by atoms with Crippen LogP contribution in [0.5, 0.6) is 0 Å². The van der Waals surface area contributed by atoms with Crippen molar-refractivity contribution in [3.05, 3.63) is 33.0 Å². The van der Waals surface area contributed by atoms with E-state index in [1.165, 1.54) is 0 Å². The first-order chi connectivity index (χ1) is 8.56. The average Bonchev–Trinajstić information content (AvgIpc) is 2.89. The highest BCUT2D eigenvalue weighted by molar-refractivity contribution is 7.09. The molecule has 5 nitrogen and oxygen atoms in total. The molecule has 18 heavy (non-hydrogen) atoms. The van der Waals surface area contributed by atoms with Crippen molar-refractivity contribution < 1.29 is 0 Å². The third-order valence-electron chi connectivity index (χ3n) is 2.76. The Hall–Kier alpha value is -0.950. The maximum absolute atomic E-state index is 6.24. The molecule has 0 bridgehead atoms. The van der Waals surface area contributed by atoms with E-state index in [4.69, 9.17) is 17.4 Å². The minimum atomic E-state index is -0.185. The molecule has 98 valence electrons. The van der Waals surface area contributed by atoms with Crippen molar-refractivity contribution in [1.82, 2.24) is 20.2 Å². The quantitative estimate of drug-likeness (QED) is 0.669. The van der Waals surface area contributed by atoms with Crippen molar-refractivity contribution >= 4 is 22.9 Å². The van der Waals surface area contributed by atoms with Crippen LogP contribution in [-0.4, -0.2) is 14.8 Å². The molecule has 0 aliphatic carbocycles. The fourth-order valence-electron chi connectivity index (χ4n) is 1.90. The van der Waals surface area contributed by atoms with Crippen LogP contribution in [0.25, 0.3) is 0 Å². The number of aryl methyl sites for hydroxylation is 1. The van der Waals surface area contributed by atoms with Crippen LogP contribution in [0.3, 0.4) is 0 Å². The van der Waals surface area contributed by atoms with E-state index in [0.29, 0.717) is 5.02 Å². The second-order valence-electron chi connectivity index (χ2n) is 4.32. The summed E-state index contributed by atoms with van der Waals surface area (Å²) in [6, 6.07) is 0.0338. The molecule has 0 amide bonds. The molecule has 0 aliphatic rings. The molecule has 2 aromatic heterocycles. The first kappa shape index (κ1) is 13.5. The van der Waals surface area contributed by atoms with Crippen molar-refractivity contribution in [2.75, 3.05) is 0 Å². The Bertz CT molecular complexity index is 533. The van der Waals surface area contributed by atoms with Crippen molar-refractivity contribution in [2.24, 2.45) is 5.84 Å². The van der Waals surface area contributed by atoms with Gasteiger partial charge in [0, 0.05) is 6.04 Å². The third kappa shape index (κ3) is 2.29. The summed E-state index contributed by atoms with van der Waals surface area (Å²) >= 11 is 7.79. The third-order valence-corrected chi connectivity index (χ3v) is 4.05. The highest BCUT2D eigenvalue weighted by Crippen LogP contribution is 2.32. The first-order valence-corrected chi connectivity index (χ1v) is 6.91. The van der Waals surface area contributed by atoms with Crippen LogP contribution < -0.4 is 11.3 Å². The lowest BCUT2D eigenvalue weighted by Crippen LogP contribution is -2.31. The van der Waals surface area contributed by atoms with Gasteiger partial charge in [0.2, 0.25) is 0 Å². The average molecular weight is 286 g/mol. The maximum atomic E-state index is 6.24. The van der Waals surface area contributed by atoms with E-state index in [1.807, 2.05) is 11.6 Å². The van der Waals surface area contributed by atoms with Gasteiger partial charge in [0.05, 0.1) is 33.0 Å². The Morgan fingerprint density at radius 3 is 2.72 bits per heavy atom. The van der Waals surface area contributed by atoms with E-state index in [1.54, 1.807) is 23.0 Å². The normalized spacial score (nSPS) is 13.2. The van der Waals surface area contributed by atoms with Gasteiger partial charge in [0.25, 0.3) is 0 Å². The van der Waals surface area contributed by atoms with Gasteiger partial charge in [-0.1, -0.05) is 11.6 Å². The zero-order valence-corrected chi connectivity index (χ0v) is 12.1. The molecule has 2 heterocycles. The van der Waals surface area contributed by atoms with E-state index < -0.39 is 0 Å². The van der Waals surface area contributed by atoms with Crippen LogP contribution in [0.1, 0.15) is 42.2 Å². The zero-order valence-electron chi connectivity index (χ0n) is 10.5. The molecule has 2 rings (SSSR count). The fourth-order valence-corrected chi connectivity index (χ4v) is 3.00. The van der Waals surface area contributed by atoms with Crippen molar-refractivity contribution in [2.45, 2.75) is 32.9 Å². The number of nitrogens with zero attached hydrogens (tertiary/aromatic N) is 3. The van der Waals surface area contributed by atoms with Gasteiger partial charge in [-0.15, -0.1) is 11.3 Å². The molecule has 0 fully saturated rings. The second kappa shape index (κ2) is 5.36. The highest BCUT2D eigenvalue weighted by Gasteiger charge is 2.25. The van der Waals surface area contributed by atoms with E-state index in [0.717, 1.165) is 16.3 Å². The Morgan fingerprint density at radius 1 is 1.50 bits per heavy atom. The summed E-state index contributed by atoms with van der Waals surface area (Å²) < 4.78 is 1.88. The first-order valence-electron chi connectivity index (χ1n) is 5.65. The Balaban J connectivity index is 2.52.